The first-order chi connectivity index (χ1) is 10.1. The fraction of sp³-hybridized carbons (Fsp3) is 0.667. The number of carboxylic acid groups (broad SMARTS) is 2. The lowest BCUT2D eigenvalue weighted by Crippen LogP contribution is -2.56. The Morgan fingerprint density at radius 2 is 1.50 bits per heavy atom. The lowest BCUT2D eigenvalue weighted by Gasteiger charge is -2.22. The molecule has 0 saturated heterocycles. The molecule has 0 radical (unpaired) electrons. The first-order valence-corrected chi connectivity index (χ1v) is 6.51. The molecule has 0 spiro atoms. The Morgan fingerprint density at radius 1 is 1.00 bits per heavy atom. The molecule has 0 rings (SSSR count). The predicted octanol–water partition coefficient (Wildman–Crippen LogP) is -2.51. The van der Waals surface area contributed by atoms with E-state index < -0.39 is 54.9 Å². The number of hydrogen-bond donors (Lipinski definition) is 6. The highest BCUT2D eigenvalue weighted by Crippen LogP contribution is 2.00. The topological polar surface area (TPSA) is 179 Å². The molecule has 10 heteroatoms. The van der Waals surface area contributed by atoms with Gasteiger partial charge in [-0.15, -0.1) is 0 Å². The van der Waals surface area contributed by atoms with E-state index >= 15 is 0 Å². The molecule has 0 unspecified atom stereocenters. The number of aliphatic carboxylic acids is 2. The summed E-state index contributed by atoms with van der Waals surface area (Å²) in [5.41, 5.74) is 5.58. The molecule has 0 aliphatic rings. The van der Waals surface area contributed by atoms with Crippen LogP contribution in [0, 0.1) is 5.92 Å². The largest absolute Gasteiger partial charge is 0.481 e. The number of nitrogens with two attached hydrogens (primary N) is 1. The number of carbonyl (C=O) groups is 4. The molecule has 3 atom stereocenters. The summed E-state index contributed by atoms with van der Waals surface area (Å²) in [4.78, 5) is 44.9. The van der Waals surface area contributed by atoms with Crippen LogP contribution in [0.3, 0.4) is 0 Å². The maximum absolute atomic E-state index is 11.8. The second-order valence-corrected chi connectivity index (χ2v) is 5.01. The second kappa shape index (κ2) is 8.95. The predicted molar refractivity (Wildman–Crippen MR) is 73.6 cm³/mol. The third kappa shape index (κ3) is 6.50. The number of hydrogen-bond acceptors (Lipinski definition) is 6. The number of carbonyl (C=O) groups excluding carboxylic acids is 2. The number of amides is 2. The van der Waals surface area contributed by atoms with Gasteiger partial charge < -0.3 is 31.7 Å². The summed E-state index contributed by atoms with van der Waals surface area (Å²) >= 11 is 0. The van der Waals surface area contributed by atoms with Gasteiger partial charge in [-0.2, -0.15) is 0 Å². The van der Waals surface area contributed by atoms with Crippen molar-refractivity contribution in [2.75, 3.05) is 6.61 Å². The van der Waals surface area contributed by atoms with E-state index in [1.54, 1.807) is 13.8 Å². The van der Waals surface area contributed by atoms with E-state index in [0.717, 1.165) is 0 Å². The van der Waals surface area contributed by atoms with Crippen molar-refractivity contribution in [2.24, 2.45) is 11.7 Å². The van der Waals surface area contributed by atoms with Crippen LogP contribution in [-0.2, 0) is 19.2 Å². The highest BCUT2D eigenvalue weighted by Gasteiger charge is 2.29. The second-order valence-electron chi connectivity index (χ2n) is 5.01. The maximum atomic E-state index is 11.8. The van der Waals surface area contributed by atoms with Crippen LogP contribution in [0.4, 0.5) is 0 Å². The van der Waals surface area contributed by atoms with E-state index in [-0.39, 0.29) is 5.92 Å². The highest BCUT2D eigenvalue weighted by atomic mass is 16.4. The molecule has 126 valence electrons. The Hall–Kier alpha value is -2.20. The van der Waals surface area contributed by atoms with E-state index in [1.165, 1.54) is 0 Å². The molecule has 7 N–H and O–H groups in total. The Kier molecular flexibility index (Phi) is 8.05. The van der Waals surface area contributed by atoms with Gasteiger partial charge in [0, 0.05) is 0 Å². The van der Waals surface area contributed by atoms with Crippen LogP contribution in [0.5, 0.6) is 0 Å². The summed E-state index contributed by atoms with van der Waals surface area (Å²) in [6, 6.07) is -4.00. The number of aliphatic hydroxyl groups excluding tert-OH is 1. The van der Waals surface area contributed by atoms with Gasteiger partial charge in [0.05, 0.1) is 19.1 Å². The molecule has 0 aliphatic carbocycles. The Labute approximate surface area is 126 Å². The number of rotatable bonds is 9. The average molecular weight is 319 g/mol. The first kappa shape index (κ1) is 19.8. The van der Waals surface area contributed by atoms with Crippen LogP contribution in [0.1, 0.15) is 20.3 Å². The Balaban J connectivity index is 4.80. The summed E-state index contributed by atoms with van der Waals surface area (Å²) in [6.07, 6.45) is -0.835. The van der Waals surface area contributed by atoms with Gasteiger partial charge in [-0.25, -0.2) is 4.79 Å². The molecule has 0 heterocycles. The quantitative estimate of drug-likeness (QED) is 0.269. The Morgan fingerprint density at radius 3 is 1.86 bits per heavy atom. The standard InChI is InChI=1S/C12H21N3O7/c1-5(2)9(13)11(20)15-7(4-16)10(19)14-6(12(21)22)3-8(17)18/h5-7,9,16H,3-4,13H2,1-2H3,(H,14,19)(H,15,20)(H,17,18)(H,21,22)/t6-,7-,9-/m0/s1. The fourth-order valence-electron chi connectivity index (χ4n) is 1.41. The van der Waals surface area contributed by atoms with Crippen molar-refractivity contribution in [3.63, 3.8) is 0 Å². The van der Waals surface area contributed by atoms with Crippen molar-refractivity contribution in [3.05, 3.63) is 0 Å². The van der Waals surface area contributed by atoms with Gasteiger partial charge >= 0.3 is 11.9 Å². The van der Waals surface area contributed by atoms with Crippen LogP contribution in [0.25, 0.3) is 0 Å². The van der Waals surface area contributed by atoms with Crippen LogP contribution >= 0.6 is 0 Å². The van der Waals surface area contributed by atoms with Crippen molar-refractivity contribution >= 4 is 23.8 Å². The van der Waals surface area contributed by atoms with Crippen LogP contribution in [0.15, 0.2) is 0 Å². The van der Waals surface area contributed by atoms with E-state index in [4.69, 9.17) is 21.1 Å². The molecule has 22 heavy (non-hydrogen) atoms. The zero-order chi connectivity index (χ0) is 17.4. The van der Waals surface area contributed by atoms with E-state index in [9.17, 15) is 19.2 Å². The number of carboxylic acids is 2. The van der Waals surface area contributed by atoms with Gasteiger partial charge in [-0.05, 0) is 5.92 Å². The van der Waals surface area contributed by atoms with Crippen molar-refractivity contribution in [2.45, 2.75) is 38.4 Å². The molecular formula is C12H21N3O7. The summed E-state index contributed by atoms with van der Waals surface area (Å²) < 4.78 is 0. The number of aliphatic hydroxyl groups is 1. The lowest BCUT2D eigenvalue weighted by molar-refractivity contribution is -0.147. The Bertz CT molecular complexity index is 438. The van der Waals surface area contributed by atoms with Gasteiger partial charge in [0.2, 0.25) is 11.8 Å². The summed E-state index contributed by atoms with van der Waals surface area (Å²) in [7, 11) is 0. The normalized spacial score (nSPS) is 14.8. The molecule has 10 nitrogen and oxygen atoms in total. The van der Waals surface area contributed by atoms with Crippen LogP contribution in [-0.4, -0.2) is 63.8 Å². The van der Waals surface area contributed by atoms with Gasteiger partial charge in [-0.3, -0.25) is 14.4 Å². The summed E-state index contributed by atoms with van der Waals surface area (Å²) in [5.74, 6) is -4.87. The monoisotopic (exact) mass is 319 g/mol. The average Bonchev–Trinajstić information content (AvgIpc) is 2.41. The minimum Gasteiger partial charge on any atom is -0.481 e. The van der Waals surface area contributed by atoms with E-state index in [1.807, 2.05) is 5.32 Å². The molecular weight excluding hydrogens is 298 g/mol. The highest BCUT2D eigenvalue weighted by molar-refractivity contribution is 5.92. The third-order valence-electron chi connectivity index (χ3n) is 2.83. The molecule has 0 aliphatic heterocycles. The van der Waals surface area contributed by atoms with E-state index in [2.05, 4.69) is 5.32 Å². The molecule has 0 aromatic heterocycles. The van der Waals surface area contributed by atoms with Crippen LogP contribution < -0.4 is 16.4 Å². The van der Waals surface area contributed by atoms with E-state index in [0.29, 0.717) is 0 Å². The fourth-order valence-corrected chi connectivity index (χ4v) is 1.41. The number of nitrogens with one attached hydrogen (secondary N) is 2. The van der Waals surface area contributed by atoms with Crippen molar-refractivity contribution < 1.29 is 34.5 Å². The summed E-state index contributed by atoms with van der Waals surface area (Å²) in [5, 5.41) is 30.6. The molecule has 0 aromatic carbocycles. The van der Waals surface area contributed by atoms with Crippen molar-refractivity contribution in [1.29, 1.82) is 0 Å². The van der Waals surface area contributed by atoms with Gasteiger partial charge in [-0.1, -0.05) is 13.8 Å². The van der Waals surface area contributed by atoms with Gasteiger partial charge in [0.25, 0.3) is 0 Å². The minimum atomic E-state index is -1.67. The third-order valence-corrected chi connectivity index (χ3v) is 2.83. The zero-order valence-electron chi connectivity index (χ0n) is 12.3. The SMILES string of the molecule is CC(C)[C@H](N)C(=O)N[C@@H](CO)C(=O)N[C@@H](CC(=O)O)C(=O)O. The van der Waals surface area contributed by atoms with Crippen molar-refractivity contribution in [1.82, 2.24) is 10.6 Å². The molecule has 2 amide bonds. The van der Waals surface area contributed by atoms with Crippen LogP contribution in [0.2, 0.25) is 0 Å². The molecule has 0 saturated carbocycles. The zero-order valence-corrected chi connectivity index (χ0v) is 12.3. The van der Waals surface area contributed by atoms with Gasteiger partial charge in [0.15, 0.2) is 0 Å². The summed E-state index contributed by atoms with van der Waals surface area (Å²) in [6.45, 7) is 2.58. The lowest BCUT2D eigenvalue weighted by atomic mass is 10.0. The maximum Gasteiger partial charge on any atom is 0.326 e. The molecule has 0 bridgehead atoms. The molecule has 0 fully saturated rings. The van der Waals surface area contributed by atoms with Crippen molar-refractivity contribution in [3.8, 4) is 0 Å². The van der Waals surface area contributed by atoms with Gasteiger partial charge in [0.1, 0.15) is 12.1 Å². The first-order valence-electron chi connectivity index (χ1n) is 6.51. The minimum absolute atomic E-state index is 0.207. The molecule has 0 aromatic rings. The smallest absolute Gasteiger partial charge is 0.326 e.